The average Bonchev–Trinajstić information content (AvgIpc) is 2.53. The SMILES string of the molecule is CC(C)C1OCCCC1CNC(=O)C(C)(N)c1ccccc1.Cl. The Kier molecular flexibility index (Phi) is 7.52. The van der Waals surface area contributed by atoms with Gasteiger partial charge in [-0.3, -0.25) is 4.79 Å². The molecule has 2 rings (SSSR count). The number of rotatable bonds is 5. The first-order chi connectivity index (χ1) is 10.4. The van der Waals surface area contributed by atoms with Gasteiger partial charge in [0, 0.05) is 19.1 Å². The number of carbonyl (C=O) groups is 1. The molecule has 0 spiro atoms. The van der Waals surface area contributed by atoms with E-state index in [1.165, 1.54) is 0 Å². The first-order valence-corrected chi connectivity index (χ1v) is 8.17. The Morgan fingerprint density at radius 1 is 1.39 bits per heavy atom. The molecule has 1 saturated heterocycles. The zero-order chi connectivity index (χ0) is 16.2. The first kappa shape index (κ1) is 19.9. The fraction of sp³-hybridized carbons (Fsp3) is 0.611. The van der Waals surface area contributed by atoms with Gasteiger partial charge in [-0.15, -0.1) is 12.4 Å². The third-order valence-electron chi connectivity index (χ3n) is 4.52. The summed E-state index contributed by atoms with van der Waals surface area (Å²) in [4.78, 5) is 12.5. The number of halogens is 1. The Morgan fingerprint density at radius 2 is 2.04 bits per heavy atom. The number of nitrogens with two attached hydrogens (primary N) is 1. The van der Waals surface area contributed by atoms with E-state index in [0.717, 1.165) is 25.0 Å². The molecular formula is C18H29ClN2O2. The van der Waals surface area contributed by atoms with Crippen LogP contribution in [0, 0.1) is 11.8 Å². The molecule has 0 bridgehead atoms. The maximum Gasteiger partial charge on any atom is 0.244 e. The maximum absolute atomic E-state index is 12.5. The van der Waals surface area contributed by atoms with Crippen LogP contribution in [-0.4, -0.2) is 25.2 Å². The van der Waals surface area contributed by atoms with E-state index in [0.29, 0.717) is 18.4 Å². The van der Waals surface area contributed by atoms with Crippen molar-refractivity contribution in [2.75, 3.05) is 13.2 Å². The molecular weight excluding hydrogens is 312 g/mol. The maximum atomic E-state index is 12.5. The summed E-state index contributed by atoms with van der Waals surface area (Å²) in [5.74, 6) is 0.691. The van der Waals surface area contributed by atoms with Crippen LogP contribution in [0.15, 0.2) is 30.3 Å². The molecule has 1 aromatic rings. The largest absolute Gasteiger partial charge is 0.378 e. The smallest absolute Gasteiger partial charge is 0.244 e. The molecule has 0 aromatic heterocycles. The molecule has 3 unspecified atom stereocenters. The van der Waals surface area contributed by atoms with Crippen molar-refractivity contribution in [1.29, 1.82) is 0 Å². The molecule has 1 aromatic carbocycles. The van der Waals surface area contributed by atoms with Gasteiger partial charge in [-0.1, -0.05) is 44.2 Å². The van der Waals surface area contributed by atoms with Crippen LogP contribution >= 0.6 is 12.4 Å². The lowest BCUT2D eigenvalue weighted by Gasteiger charge is -2.35. The predicted octanol–water partition coefficient (Wildman–Crippen LogP) is 2.85. The number of hydrogen-bond acceptors (Lipinski definition) is 3. The molecule has 0 radical (unpaired) electrons. The van der Waals surface area contributed by atoms with Gasteiger partial charge < -0.3 is 15.8 Å². The second-order valence-electron chi connectivity index (χ2n) is 6.76. The topological polar surface area (TPSA) is 64.3 Å². The number of amides is 1. The third-order valence-corrected chi connectivity index (χ3v) is 4.52. The molecule has 0 saturated carbocycles. The summed E-state index contributed by atoms with van der Waals surface area (Å²) in [6.45, 7) is 7.55. The van der Waals surface area contributed by atoms with Gasteiger partial charge in [0.25, 0.3) is 0 Å². The fourth-order valence-corrected chi connectivity index (χ4v) is 3.14. The molecule has 1 aliphatic rings. The van der Waals surface area contributed by atoms with Crippen LogP contribution in [0.1, 0.15) is 39.2 Å². The standard InChI is InChI=1S/C18H28N2O2.ClH/c1-13(2)16-14(8-7-11-22-16)12-20-17(21)18(3,19)15-9-5-4-6-10-15;/h4-6,9-10,13-14,16H,7-8,11-12,19H2,1-3H3,(H,20,21);1H. The van der Waals surface area contributed by atoms with Crippen LogP contribution in [0.5, 0.6) is 0 Å². The molecule has 4 nitrogen and oxygen atoms in total. The Bertz CT molecular complexity index is 491. The summed E-state index contributed by atoms with van der Waals surface area (Å²) >= 11 is 0. The molecule has 1 aliphatic heterocycles. The second kappa shape index (κ2) is 8.67. The van der Waals surface area contributed by atoms with Crippen molar-refractivity contribution in [3.05, 3.63) is 35.9 Å². The minimum atomic E-state index is -1.01. The summed E-state index contributed by atoms with van der Waals surface area (Å²) in [6, 6.07) is 9.50. The summed E-state index contributed by atoms with van der Waals surface area (Å²) in [6.07, 6.45) is 2.37. The van der Waals surface area contributed by atoms with E-state index in [4.69, 9.17) is 10.5 Å². The summed E-state index contributed by atoms with van der Waals surface area (Å²) in [7, 11) is 0. The van der Waals surface area contributed by atoms with E-state index in [1.54, 1.807) is 6.92 Å². The minimum absolute atomic E-state index is 0. The summed E-state index contributed by atoms with van der Waals surface area (Å²) in [5, 5.41) is 3.03. The molecule has 0 aliphatic carbocycles. The van der Waals surface area contributed by atoms with Crippen molar-refractivity contribution < 1.29 is 9.53 Å². The Hall–Kier alpha value is -1.10. The highest BCUT2D eigenvalue weighted by atomic mass is 35.5. The monoisotopic (exact) mass is 340 g/mol. The van der Waals surface area contributed by atoms with Gasteiger partial charge in [0.05, 0.1) is 6.10 Å². The van der Waals surface area contributed by atoms with Gasteiger partial charge in [-0.05, 0) is 31.2 Å². The van der Waals surface area contributed by atoms with Gasteiger partial charge in [0.1, 0.15) is 5.54 Å². The first-order valence-electron chi connectivity index (χ1n) is 8.17. The van der Waals surface area contributed by atoms with Crippen molar-refractivity contribution >= 4 is 18.3 Å². The zero-order valence-corrected chi connectivity index (χ0v) is 15.1. The van der Waals surface area contributed by atoms with E-state index in [2.05, 4.69) is 19.2 Å². The number of hydrogen-bond donors (Lipinski definition) is 2. The van der Waals surface area contributed by atoms with Crippen LogP contribution in [0.2, 0.25) is 0 Å². The van der Waals surface area contributed by atoms with Gasteiger partial charge in [-0.2, -0.15) is 0 Å². The van der Waals surface area contributed by atoms with Crippen molar-refractivity contribution in [1.82, 2.24) is 5.32 Å². The van der Waals surface area contributed by atoms with E-state index in [-0.39, 0.29) is 24.4 Å². The third kappa shape index (κ3) is 4.93. The molecule has 5 heteroatoms. The predicted molar refractivity (Wildman–Crippen MR) is 95.5 cm³/mol. The molecule has 1 amide bonds. The number of nitrogens with one attached hydrogen (secondary N) is 1. The zero-order valence-electron chi connectivity index (χ0n) is 14.2. The highest BCUT2D eigenvalue weighted by Crippen LogP contribution is 2.26. The second-order valence-corrected chi connectivity index (χ2v) is 6.76. The van der Waals surface area contributed by atoms with E-state index < -0.39 is 5.54 Å². The number of carbonyl (C=O) groups excluding carboxylic acids is 1. The van der Waals surface area contributed by atoms with Crippen molar-refractivity contribution in [2.45, 2.75) is 45.3 Å². The van der Waals surface area contributed by atoms with Crippen LogP contribution in [0.25, 0.3) is 0 Å². The van der Waals surface area contributed by atoms with Crippen LogP contribution in [0.3, 0.4) is 0 Å². The average molecular weight is 341 g/mol. The van der Waals surface area contributed by atoms with Crippen LogP contribution in [-0.2, 0) is 15.1 Å². The highest BCUT2D eigenvalue weighted by molar-refractivity contribution is 5.87. The molecule has 3 atom stereocenters. The molecule has 23 heavy (non-hydrogen) atoms. The number of benzene rings is 1. The van der Waals surface area contributed by atoms with E-state index >= 15 is 0 Å². The highest BCUT2D eigenvalue weighted by Gasteiger charge is 2.33. The molecule has 3 N–H and O–H groups in total. The summed E-state index contributed by atoms with van der Waals surface area (Å²) < 4.78 is 5.87. The van der Waals surface area contributed by atoms with Crippen molar-refractivity contribution in [3.8, 4) is 0 Å². The van der Waals surface area contributed by atoms with Gasteiger partial charge in [0.2, 0.25) is 5.91 Å². The van der Waals surface area contributed by atoms with Gasteiger partial charge >= 0.3 is 0 Å². The normalized spacial score (nSPS) is 23.7. The summed E-state index contributed by atoms with van der Waals surface area (Å²) in [5.41, 5.74) is 6.07. The Labute approximate surface area is 145 Å². The van der Waals surface area contributed by atoms with Crippen LogP contribution in [0.4, 0.5) is 0 Å². The van der Waals surface area contributed by atoms with Crippen LogP contribution < -0.4 is 11.1 Å². The lowest BCUT2D eigenvalue weighted by atomic mass is 9.86. The Balaban J connectivity index is 0.00000264. The lowest BCUT2D eigenvalue weighted by molar-refractivity contribution is -0.127. The number of ether oxygens (including phenoxy) is 1. The minimum Gasteiger partial charge on any atom is -0.378 e. The van der Waals surface area contributed by atoms with Crippen molar-refractivity contribution in [2.24, 2.45) is 17.6 Å². The van der Waals surface area contributed by atoms with E-state index in [1.807, 2.05) is 30.3 Å². The lowest BCUT2D eigenvalue weighted by Crippen LogP contribution is -2.51. The van der Waals surface area contributed by atoms with Gasteiger partial charge in [0.15, 0.2) is 0 Å². The molecule has 1 heterocycles. The molecule has 130 valence electrons. The van der Waals surface area contributed by atoms with E-state index in [9.17, 15) is 4.79 Å². The quantitative estimate of drug-likeness (QED) is 0.866. The van der Waals surface area contributed by atoms with Gasteiger partial charge in [-0.25, -0.2) is 0 Å². The molecule has 1 fully saturated rings. The Morgan fingerprint density at radius 3 is 2.65 bits per heavy atom. The van der Waals surface area contributed by atoms with Crippen molar-refractivity contribution in [3.63, 3.8) is 0 Å². The fourth-order valence-electron chi connectivity index (χ4n) is 3.14.